The van der Waals surface area contributed by atoms with Crippen LogP contribution in [0.4, 0.5) is 4.39 Å². The summed E-state index contributed by atoms with van der Waals surface area (Å²) in [5.74, 6) is -0.915. The first-order valence-electron chi connectivity index (χ1n) is 12.5. The fourth-order valence-electron chi connectivity index (χ4n) is 5.89. The van der Waals surface area contributed by atoms with E-state index < -0.39 is 22.6 Å². The molecular weight excluding hydrogens is 475 g/mol. The minimum absolute atomic E-state index is 0.109. The quantitative estimate of drug-likeness (QED) is 0.331. The number of aliphatic carboxylic acids is 1. The number of rotatable bonds is 7. The van der Waals surface area contributed by atoms with Crippen LogP contribution in [0.25, 0.3) is 27.8 Å². The molecule has 3 heterocycles. The molecule has 0 aliphatic heterocycles. The Morgan fingerprint density at radius 3 is 2.65 bits per heavy atom. The van der Waals surface area contributed by atoms with Gasteiger partial charge in [-0.3, -0.25) is 9.89 Å². The van der Waals surface area contributed by atoms with Crippen molar-refractivity contribution in [2.75, 3.05) is 20.8 Å². The molecule has 0 amide bonds. The van der Waals surface area contributed by atoms with Gasteiger partial charge in [0.1, 0.15) is 0 Å². The summed E-state index contributed by atoms with van der Waals surface area (Å²) < 4.78 is 27.6. The lowest BCUT2D eigenvalue weighted by Crippen LogP contribution is -2.33. The van der Waals surface area contributed by atoms with Crippen molar-refractivity contribution in [3.63, 3.8) is 0 Å². The van der Waals surface area contributed by atoms with Crippen LogP contribution in [-0.2, 0) is 14.9 Å². The number of carbonyl (C=O) groups is 1. The molecule has 9 heteroatoms. The first kappa shape index (κ1) is 25.2. The van der Waals surface area contributed by atoms with E-state index in [1.165, 1.54) is 13.2 Å². The Bertz CT molecular complexity index is 1480. The van der Waals surface area contributed by atoms with Crippen molar-refractivity contribution in [3.8, 4) is 11.4 Å². The number of fused-ring (bicyclic) bond motifs is 2. The van der Waals surface area contributed by atoms with Gasteiger partial charge >= 0.3 is 5.97 Å². The van der Waals surface area contributed by atoms with E-state index in [-0.39, 0.29) is 11.7 Å². The summed E-state index contributed by atoms with van der Waals surface area (Å²) >= 11 is 0. The standard InChI is InChI=1S/C28H33FN4O4/c1-27(2,15-36-4)24-22(16-8-10-28(3,11-9-16)26(34)35)23-20(12-17-14-30-32-25(17)31-23)33(24)18-6-7-19(29)21(13-18)37-5/h6-7,12-14,16H,8-11,15H2,1-5H3,(H,34,35)(H,30,31,32)/t16-,28-. The van der Waals surface area contributed by atoms with Gasteiger partial charge in [-0.25, -0.2) is 9.37 Å². The molecule has 1 aromatic carbocycles. The molecule has 37 heavy (non-hydrogen) atoms. The van der Waals surface area contributed by atoms with Gasteiger partial charge in [-0.1, -0.05) is 13.8 Å². The van der Waals surface area contributed by atoms with Crippen LogP contribution < -0.4 is 4.74 Å². The van der Waals surface area contributed by atoms with E-state index in [1.807, 2.05) is 6.92 Å². The molecule has 5 rings (SSSR count). The maximum Gasteiger partial charge on any atom is 0.309 e. The highest BCUT2D eigenvalue weighted by molar-refractivity contribution is 5.94. The lowest BCUT2D eigenvalue weighted by molar-refractivity contribution is -0.149. The average Bonchev–Trinajstić information content (AvgIpc) is 3.45. The van der Waals surface area contributed by atoms with Crippen LogP contribution in [0.15, 0.2) is 30.5 Å². The third-order valence-corrected chi connectivity index (χ3v) is 7.93. The maximum atomic E-state index is 14.4. The zero-order valence-corrected chi connectivity index (χ0v) is 21.9. The molecule has 2 N–H and O–H groups in total. The summed E-state index contributed by atoms with van der Waals surface area (Å²) in [7, 11) is 3.14. The summed E-state index contributed by atoms with van der Waals surface area (Å²) in [6, 6.07) is 6.91. The Kier molecular flexibility index (Phi) is 6.22. The van der Waals surface area contributed by atoms with Gasteiger partial charge in [-0.15, -0.1) is 0 Å². The van der Waals surface area contributed by atoms with Crippen LogP contribution in [0.1, 0.15) is 63.6 Å². The molecule has 0 bridgehead atoms. The van der Waals surface area contributed by atoms with Crippen LogP contribution in [0, 0.1) is 11.2 Å². The zero-order chi connectivity index (χ0) is 26.5. The highest BCUT2D eigenvalue weighted by Crippen LogP contribution is 2.49. The molecule has 1 aliphatic rings. The minimum atomic E-state index is -0.746. The predicted octanol–water partition coefficient (Wildman–Crippen LogP) is 5.72. The number of ether oxygens (including phenoxy) is 2. The second kappa shape index (κ2) is 9.13. The summed E-state index contributed by atoms with van der Waals surface area (Å²) in [6.07, 6.45) is 4.37. The lowest BCUT2D eigenvalue weighted by Gasteiger charge is -2.36. The highest BCUT2D eigenvalue weighted by Gasteiger charge is 2.41. The fourth-order valence-corrected chi connectivity index (χ4v) is 5.89. The number of carboxylic acids is 1. The van der Waals surface area contributed by atoms with Gasteiger partial charge in [0, 0.05) is 40.9 Å². The van der Waals surface area contributed by atoms with E-state index in [0.29, 0.717) is 25.1 Å². The molecule has 0 unspecified atom stereocenters. The molecule has 0 radical (unpaired) electrons. The van der Waals surface area contributed by atoms with Gasteiger partial charge in [0.15, 0.2) is 17.2 Å². The Balaban J connectivity index is 1.82. The lowest BCUT2D eigenvalue weighted by atomic mass is 9.69. The van der Waals surface area contributed by atoms with Crippen molar-refractivity contribution in [2.24, 2.45) is 5.41 Å². The van der Waals surface area contributed by atoms with Crippen molar-refractivity contribution in [1.29, 1.82) is 0 Å². The van der Waals surface area contributed by atoms with Crippen molar-refractivity contribution >= 4 is 28.0 Å². The molecule has 196 valence electrons. The number of H-pyrrole nitrogens is 1. The Labute approximate surface area is 214 Å². The number of aromatic amines is 1. The smallest absolute Gasteiger partial charge is 0.309 e. The summed E-state index contributed by atoms with van der Waals surface area (Å²) in [6.45, 7) is 6.54. The van der Waals surface area contributed by atoms with E-state index in [9.17, 15) is 14.3 Å². The topological polar surface area (TPSA) is 102 Å². The van der Waals surface area contributed by atoms with Crippen molar-refractivity contribution < 1.29 is 23.8 Å². The number of pyridine rings is 1. The number of hydrogen-bond acceptors (Lipinski definition) is 5. The largest absolute Gasteiger partial charge is 0.494 e. The molecule has 0 saturated heterocycles. The van der Waals surface area contributed by atoms with E-state index in [1.54, 1.807) is 25.4 Å². The molecular formula is C28H33FN4O4. The molecule has 1 fully saturated rings. The second-order valence-corrected chi connectivity index (χ2v) is 11.0. The van der Waals surface area contributed by atoms with Gasteiger partial charge in [0.2, 0.25) is 0 Å². The third-order valence-electron chi connectivity index (χ3n) is 7.93. The van der Waals surface area contributed by atoms with Crippen molar-refractivity contribution in [2.45, 2.75) is 57.8 Å². The third kappa shape index (κ3) is 4.15. The summed E-state index contributed by atoms with van der Waals surface area (Å²) in [5, 5.41) is 17.8. The average molecular weight is 509 g/mol. The van der Waals surface area contributed by atoms with E-state index >= 15 is 0 Å². The monoisotopic (exact) mass is 508 g/mol. The molecule has 8 nitrogen and oxygen atoms in total. The van der Waals surface area contributed by atoms with Crippen molar-refractivity contribution in [3.05, 3.63) is 47.5 Å². The number of carboxylic acid groups (broad SMARTS) is 1. The number of nitrogens with zero attached hydrogens (tertiary/aromatic N) is 3. The molecule has 0 spiro atoms. The first-order chi connectivity index (χ1) is 17.6. The number of benzene rings is 1. The van der Waals surface area contributed by atoms with Gasteiger partial charge < -0.3 is 19.1 Å². The zero-order valence-electron chi connectivity index (χ0n) is 21.9. The number of aromatic nitrogens is 4. The van der Waals surface area contributed by atoms with Crippen LogP contribution in [0.3, 0.4) is 0 Å². The number of halogens is 1. The number of nitrogens with one attached hydrogen (secondary N) is 1. The molecule has 0 atom stereocenters. The molecule has 4 aromatic rings. The molecule has 1 saturated carbocycles. The Morgan fingerprint density at radius 2 is 2.00 bits per heavy atom. The highest BCUT2D eigenvalue weighted by atomic mass is 19.1. The van der Waals surface area contributed by atoms with Crippen LogP contribution in [-0.4, -0.2) is 51.7 Å². The normalized spacial score (nSPS) is 20.5. The predicted molar refractivity (Wildman–Crippen MR) is 139 cm³/mol. The van der Waals surface area contributed by atoms with E-state index in [0.717, 1.165) is 46.2 Å². The van der Waals surface area contributed by atoms with E-state index in [4.69, 9.17) is 14.5 Å². The fraction of sp³-hybridized carbons (Fsp3) is 0.464. The molecule has 1 aliphatic carbocycles. The van der Waals surface area contributed by atoms with Crippen LogP contribution >= 0.6 is 0 Å². The summed E-state index contributed by atoms with van der Waals surface area (Å²) in [5.41, 5.74) is 4.09. The van der Waals surface area contributed by atoms with Gasteiger partial charge in [-0.2, -0.15) is 5.10 Å². The van der Waals surface area contributed by atoms with Crippen molar-refractivity contribution in [1.82, 2.24) is 19.7 Å². The maximum absolute atomic E-state index is 14.4. The number of hydrogen-bond donors (Lipinski definition) is 2. The number of methoxy groups -OCH3 is 2. The van der Waals surface area contributed by atoms with Gasteiger partial charge in [0.25, 0.3) is 0 Å². The second-order valence-electron chi connectivity index (χ2n) is 11.0. The Morgan fingerprint density at radius 1 is 1.27 bits per heavy atom. The summed E-state index contributed by atoms with van der Waals surface area (Å²) in [4.78, 5) is 17.0. The first-order valence-corrected chi connectivity index (χ1v) is 12.5. The van der Waals surface area contributed by atoms with Gasteiger partial charge in [0.05, 0.1) is 36.4 Å². The minimum Gasteiger partial charge on any atom is -0.494 e. The SMILES string of the molecule is COCC(C)(C)c1c([C@H]2CC[C@](C)(C(=O)O)CC2)c2nc3[nH]ncc3cc2n1-c1ccc(F)c(OC)c1. The van der Waals surface area contributed by atoms with E-state index in [2.05, 4.69) is 34.7 Å². The van der Waals surface area contributed by atoms with Crippen LogP contribution in [0.5, 0.6) is 5.75 Å². The molecule has 3 aromatic heterocycles. The van der Waals surface area contributed by atoms with Gasteiger partial charge in [-0.05, 0) is 56.7 Å². The van der Waals surface area contributed by atoms with Crippen LogP contribution in [0.2, 0.25) is 0 Å². The Hall–Kier alpha value is -3.46.